The summed E-state index contributed by atoms with van der Waals surface area (Å²) >= 11 is 0. The van der Waals surface area contributed by atoms with Gasteiger partial charge in [-0.2, -0.15) is 0 Å². The molecule has 0 aromatic rings. The average Bonchev–Trinajstić information content (AvgIpc) is 2.03. The molecular weight excluding hydrogens is 204 g/mol. The molecule has 1 amide bonds. The lowest BCUT2D eigenvalue weighted by Crippen LogP contribution is -2.48. The monoisotopic (exact) mass is 222 g/mol. The molecular formula is C9H19ClN2O2. The molecule has 1 heterocycles. The molecule has 0 saturated carbocycles. The maximum Gasteiger partial charge on any atom is 0.410 e. The number of ether oxygens (including phenoxy) is 1. The van der Waals surface area contributed by atoms with Crippen LogP contribution in [0.25, 0.3) is 0 Å². The third-order valence-electron chi connectivity index (χ3n) is 1.77. The van der Waals surface area contributed by atoms with Crippen LogP contribution in [0.1, 0.15) is 20.8 Å². The second-order valence-corrected chi connectivity index (χ2v) is 4.22. The van der Waals surface area contributed by atoms with Crippen LogP contribution < -0.4 is 5.32 Å². The topological polar surface area (TPSA) is 41.6 Å². The van der Waals surface area contributed by atoms with Crippen LogP contribution in [0.5, 0.6) is 0 Å². The van der Waals surface area contributed by atoms with E-state index in [4.69, 9.17) is 4.74 Å². The highest BCUT2D eigenvalue weighted by Crippen LogP contribution is 2.09. The molecule has 0 aromatic heterocycles. The molecule has 0 aliphatic carbocycles. The Labute approximate surface area is 91.4 Å². The Hall–Kier alpha value is -0.480. The average molecular weight is 223 g/mol. The third-order valence-corrected chi connectivity index (χ3v) is 1.77. The van der Waals surface area contributed by atoms with E-state index in [9.17, 15) is 4.79 Å². The van der Waals surface area contributed by atoms with Crippen LogP contribution in [0.4, 0.5) is 4.79 Å². The number of nitrogens with one attached hydrogen (secondary N) is 1. The first-order chi connectivity index (χ1) is 5.99. The van der Waals surface area contributed by atoms with Gasteiger partial charge in [-0.25, -0.2) is 4.79 Å². The summed E-state index contributed by atoms with van der Waals surface area (Å²) in [6.07, 6.45) is -0.200. The second kappa shape index (κ2) is 5.41. The molecule has 0 unspecified atom stereocenters. The van der Waals surface area contributed by atoms with Gasteiger partial charge < -0.3 is 15.0 Å². The van der Waals surface area contributed by atoms with Gasteiger partial charge in [-0.05, 0) is 20.8 Å². The zero-order valence-electron chi connectivity index (χ0n) is 9.00. The highest BCUT2D eigenvalue weighted by molar-refractivity contribution is 5.85. The van der Waals surface area contributed by atoms with Gasteiger partial charge in [0.2, 0.25) is 0 Å². The van der Waals surface area contributed by atoms with Crippen molar-refractivity contribution in [3.8, 4) is 0 Å². The quantitative estimate of drug-likeness (QED) is 0.671. The Kier molecular flexibility index (Phi) is 5.23. The summed E-state index contributed by atoms with van der Waals surface area (Å²) < 4.78 is 5.24. The number of rotatable bonds is 0. The summed E-state index contributed by atoms with van der Waals surface area (Å²) in [6, 6.07) is 0. The van der Waals surface area contributed by atoms with Gasteiger partial charge in [0.25, 0.3) is 0 Å². The van der Waals surface area contributed by atoms with Gasteiger partial charge in [-0.15, -0.1) is 12.4 Å². The van der Waals surface area contributed by atoms with Gasteiger partial charge in [-0.1, -0.05) is 0 Å². The molecule has 84 valence electrons. The summed E-state index contributed by atoms with van der Waals surface area (Å²) in [5.41, 5.74) is -0.387. The molecule has 1 fully saturated rings. The van der Waals surface area contributed by atoms with Crippen LogP contribution in [-0.2, 0) is 4.74 Å². The summed E-state index contributed by atoms with van der Waals surface area (Å²) in [6.45, 7) is 8.86. The van der Waals surface area contributed by atoms with Crippen molar-refractivity contribution in [3.05, 3.63) is 0 Å². The Morgan fingerprint density at radius 2 is 1.79 bits per heavy atom. The summed E-state index contributed by atoms with van der Waals surface area (Å²) in [5.74, 6) is 0. The number of hydrogen-bond donors (Lipinski definition) is 1. The zero-order chi connectivity index (χ0) is 9.90. The fraction of sp³-hybridized carbons (Fsp3) is 0.889. The van der Waals surface area contributed by atoms with Crippen LogP contribution in [0.15, 0.2) is 0 Å². The number of carbonyl (C=O) groups excluding carboxylic acids is 1. The predicted molar refractivity (Wildman–Crippen MR) is 57.9 cm³/mol. The van der Waals surface area contributed by atoms with E-state index in [-0.39, 0.29) is 24.1 Å². The minimum atomic E-state index is -0.387. The highest BCUT2D eigenvalue weighted by Gasteiger charge is 2.22. The Morgan fingerprint density at radius 1 is 1.29 bits per heavy atom. The number of amides is 1. The van der Waals surface area contributed by atoms with E-state index in [0.717, 1.165) is 26.2 Å². The molecule has 1 rings (SSSR count). The van der Waals surface area contributed by atoms with Crippen molar-refractivity contribution in [2.75, 3.05) is 26.2 Å². The minimum Gasteiger partial charge on any atom is -0.444 e. The molecule has 1 aliphatic heterocycles. The van der Waals surface area contributed by atoms with Crippen molar-refractivity contribution in [1.29, 1.82) is 0 Å². The normalized spacial score (nSPS) is 17.2. The molecule has 0 bridgehead atoms. The minimum absolute atomic E-state index is 0. The lowest BCUT2D eigenvalue weighted by Gasteiger charge is -2.30. The van der Waals surface area contributed by atoms with Gasteiger partial charge in [0.1, 0.15) is 5.60 Å². The second-order valence-electron chi connectivity index (χ2n) is 4.22. The van der Waals surface area contributed by atoms with E-state index in [0.29, 0.717) is 0 Å². The SMILES string of the molecule is CC(C)(C)OC(=O)N1CCNCC1.Cl. The molecule has 5 heteroatoms. The van der Waals surface area contributed by atoms with Gasteiger partial charge in [0.15, 0.2) is 0 Å². The molecule has 0 radical (unpaired) electrons. The predicted octanol–water partition coefficient (Wildman–Crippen LogP) is 1.25. The molecule has 0 aromatic carbocycles. The largest absolute Gasteiger partial charge is 0.444 e. The van der Waals surface area contributed by atoms with Crippen molar-refractivity contribution >= 4 is 18.5 Å². The van der Waals surface area contributed by atoms with Crippen molar-refractivity contribution in [1.82, 2.24) is 10.2 Å². The fourth-order valence-corrected chi connectivity index (χ4v) is 1.17. The standard InChI is InChI=1S/C9H18N2O2.ClH/c1-9(2,3)13-8(12)11-6-4-10-5-7-11;/h10H,4-7H2,1-3H3;1H. The lowest BCUT2D eigenvalue weighted by atomic mass is 10.2. The first-order valence-electron chi connectivity index (χ1n) is 4.68. The molecule has 1 aliphatic rings. The first kappa shape index (κ1) is 13.5. The van der Waals surface area contributed by atoms with Gasteiger partial charge in [0.05, 0.1) is 0 Å². The maximum atomic E-state index is 11.5. The van der Waals surface area contributed by atoms with Crippen molar-refractivity contribution in [3.63, 3.8) is 0 Å². The summed E-state index contributed by atoms with van der Waals surface area (Å²) in [5, 5.41) is 3.18. The van der Waals surface area contributed by atoms with Crippen molar-refractivity contribution < 1.29 is 9.53 Å². The van der Waals surface area contributed by atoms with Crippen LogP contribution in [0, 0.1) is 0 Å². The number of halogens is 1. The molecule has 4 nitrogen and oxygen atoms in total. The van der Waals surface area contributed by atoms with E-state index < -0.39 is 0 Å². The van der Waals surface area contributed by atoms with Crippen LogP contribution in [-0.4, -0.2) is 42.8 Å². The number of hydrogen-bond acceptors (Lipinski definition) is 3. The van der Waals surface area contributed by atoms with Gasteiger partial charge in [0, 0.05) is 26.2 Å². The van der Waals surface area contributed by atoms with E-state index in [1.807, 2.05) is 20.8 Å². The van der Waals surface area contributed by atoms with Gasteiger partial charge in [-0.3, -0.25) is 0 Å². The molecule has 14 heavy (non-hydrogen) atoms. The maximum absolute atomic E-state index is 11.5. The van der Waals surface area contributed by atoms with E-state index in [1.165, 1.54) is 0 Å². The number of carbonyl (C=O) groups is 1. The number of nitrogens with zero attached hydrogens (tertiary/aromatic N) is 1. The Balaban J connectivity index is 0.00000169. The van der Waals surface area contributed by atoms with Crippen molar-refractivity contribution in [2.45, 2.75) is 26.4 Å². The molecule has 1 saturated heterocycles. The Bertz CT molecular complexity index is 186. The molecule has 0 spiro atoms. The summed E-state index contributed by atoms with van der Waals surface area (Å²) in [7, 11) is 0. The van der Waals surface area contributed by atoms with Crippen molar-refractivity contribution in [2.24, 2.45) is 0 Å². The van der Waals surface area contributed by atoms with Crippen LogP contribution >= 0.6 is 12.4 Å². The highest BCUT2D eigenvalue weighted by atomic mass is 35.5. The van der Waals surface area contributed by atoms with Gasteiger partial charge >= 0.3 is 6.09 Å². The smallest absolute Gasteiger partial charge is 0.410 e. The lowest BCUT2D eigenvalue weighted by molar-refractivity contribution is 0.0229. The number of piperazine rings is 1. The van der Waals surface area contributed by atoms with Crippen LogP contribution in [0.2, 0.25) is 0 Å². The Morgan fingerprint density at radius 3 is 2.21 bits per heavy atom. The first-order valence-corrected chi connectivity index (χ1v) is 4.68. The summed E-state index contributed by atoms with van der Waals surface area (Å²) in [4.78, 5) is 13.2. The third kappa shape index (κ3) is 4.67. The molecule has 1 N–H and O–H groups in total. The fourth-order valence-electron chi connectivity index (χ4n) is 1.17. The zero-order valence-corrected chi connectivity index (χ0v) is 9.82. The van der Waals surface area contributed by atoms with E-state index >= 15 is 0 Å². The van der Waals surface area contributed by atoms with E-state index in [1.54, 1.807) is 4.90 Å². The van der Waals surface area contributed by atoms with Crippen LogP contribution in [0.3, 0.4) is 0 Å². The molecule has 0 atom stereocenters. The van der Waals surface area contributed by atoms with E-state index in [2.05, 4.69) is 5.32 Å².